The molecule has 1 nitrogen and oxygen atoms in total. The smallest absolute Gasteiger partial charge is 0.0991 e. The number of nitriles is 1. The molecule has 0 heterocycles. The first-order valence-corrected chi connectivity index (χ1v) is 16.3. The highest BCUT2D eigenvalue weighted by Crippen LogP contribution is 2.57. The van der Waals surface area contributed by atoms with Crippen LogP contribution in [0, 0.1) is 11.3 Å². The van der Waals surface area contributed by atoms with Crippen LogP contribution in [0.25, 0.3) is 88.7 Å². The molecule has 0 amide bonds. The van der Waals surface area contributed by atoms with E-state index >= 15 is 0 Å². The monoisotopic (exact) mass is 607 g/mol. The molecule has 222 valence electrons. The fourth-order valence-corrected chi connectivity index (χ4v) is 7.48. The van der Waals surface area contributed by atoms with Crippen molar-refractivity contribution < 1.29 is 0 Å². The Hall–Kier alpha value is -6.49. The first-order chi connectivity index (χ1) is 23.8. The van der Waals surface area contributed by atoms with Crippen molar-refractivity contribution in [3.63, 3.8) is 0 Å². The minimum atomic E-state index is 0.664. The lowest BCUT2D eigenvalue weighted by molar-refractivity contribution is 1.48. The molecule has 8 aromatic carbocycles. The summed E-state index contributed by atoms with van der Waals surface area (Å²) in [5, 5.41) is 12.1. The van der Waals surface area contributed by atoms with E-state index in [1.807, 2.05) is 18.2 Å². The first-order valence-electron chi connectivity index (χ1n) is 16.3. The summed E-state index contributed by atoms with van der Waals surface area (Å²) in [7, 11) is 0. The van der Waals surface area contributed by atoms with Crippen LogP contribution in [-0.2, 0) is 0 Å². The Balaban J connectivity index is 1.31. The standard InChI is InChI=1S/C47H29N/c48-30-31-12-7-19-35(26-31)36-20-8-21-37(27-36)38-22-9-23-39(28-38)43-29-42(32-13-3-1-4-14-32)46-40-24-10-17-33-18-11-25-41(44(33)40)47(46)45(43)34-15-5-2-6-16-34/h1-29H. The molecular formula is C47H29N. The molecule has 1 aliphatic rings. The molecule has 0 unspecified atom stereocenters. The first kappa shape index (κ1) is 27.8. The molecule has 8 aromatic rings. The molecule has 48 heavy (non-hydrogen) atoms. The Labute approximate surface area is 280 Å². The van der Waals surface area contributed by atoms with Crippen molar-refractivity contribution in [1.29, 1.82) is 5.26 Å². The third-order valence-corrected chi connectivity index (χ3v) is 9.61. The molecule has 1 aliphatic carbocycles. The molecule has 0 fully saturated rings. The van der Waals surface area contributed by atoms with Gasteiger partial charge in [0, 0.05) is 0 Å². The van der Waals surface area contributed by atoms with Crippen molar-refractivity contribution in [2.24, 2.45) is 0 Å². The molecule has 9 rings (SSSR count). The summed E-state index contributed by atoms with van der Waals surface area (Å²) in [5.41, 5.74) is 17.6. The minimum Gasteiger partial charge on any atom is -0.192 e. The van der Waals surface area contributed by atoms with Crippen molar-refractivity contribution in [3.05, 3.63) is 181 Å². The number of benzene rings is 8. The summed E-state index contributed by atoms with van der Waals surface area (Å²) in [4.78, 5) is 0. The van der Waals surface area contributed by atoms with Crippen molar-refractivity contribution in [2.45, 2.75) is 0 Å². The highest BCUT2D eigenvalue weighted by molar-refractivity contribution is 6.22. The van der Waals surface area contributed by atoms with Gasteiger partial charge in [0.1, 0.15) is 0 Å². The Bertz CT molecular complexity index is 2550. The van der Waals surface area contributed by atoms with Crippen LogP contribution in [-0.4, -0.2) is 0 Å². The molecule has 0 N–H and O–H groups in total. The van der Waals surface area contributed by atoms with Crippen LogP contribution in [0.1, 0.15) is 5.56 Å². The van der Waals surface area contributed by atoms with Gasteiger partial charge in [0.05, 0.1) is 11.6 Å². The van der Waals surface area contributed by atoms with Gasteiger partial charge in [0.15, 0.2) is 0 Å². The van der Waals surface area contributed by atoms with Gasteiger partial charge in [-0.25, -0.2) is 0 Å². The highest BCUT2D eigenvalue weighted by Gasteiger charge is 2.30. The predicted molar refractivity (Wildman–Crippen MR) is 200 cm³/mol. The predicted octanol–water partition coefficient (Wildman–Crippen LogP) is 12.7. The van der Waals surface area contributed by atoms with E-state index in [0.717, 1.165) is 22.3 Å². The topological polar surface area (TPSA) is 23.8 Å². The summed E-state index contributed by atoms with van der Waals surface area (Å²) in [6.45, 7) is 0. The van der Waals surface area contributed by atoms with E-state index in [9.17, 15) is 5.26 Å². The third kappa shape index (κ3) is 4.55. The summed E-state index contributed by atoms with van der Waals surface area (Å²) in [6, 6.07) is 65.2. The Morgan fingerprint density at radius 3 is 1.44 bits per heavy atom. The fraction of sp³-hybridized carbons (Fsp3) is 0. The largest absolute Gasteiger partial charge is 0.192 e. The molecule has 1 heteroatoms. The third-order valence-electron chi connectivity index (χ3n) is 9.61. The zero-order valence-electron chi connectivity index (χ0n) is 26.2. The van der Waals surface area contributed by atoms with Gasteiger partial charge >= 0.3 is 0 Å². The number of hydrogen-bond acceptors (Lipinski definition) is 1. The molecule has 0 saturated carbocycles. The van der Waals surface area contributed by atoms with Gasteiger partial charge in [0.25, 0.3) is 0 Å². The normalized spacial score (nSPS) is 11.3. The van der Waals surface area contributed by atoms with Gasteiger partial charge in [-0.2, -0.15) is 5.26 Å². The second-order valence-electron chi connectivity index (χ2n) is 12.4. The molecule has 0 aromatic heterocycles. The Kier molecular flexibility index (Phi) is 6.59. The lowest BCUT2D eigenvalue weighted by Crippen LogP contribution is -1.94. The summed E-state index contributed by atoms with van der Waals surface area (Å²) in [5.74, 6) is 0. The van der Waals surface area contributed by atoms with Gasteiger partial charge in [-0.3, -0.25) is 0 Å². The maximum Gasteiger partial charge on any atom is 0.0991 e. The molecule has 0 radical (unpaired) electrons. The number of nitrogens with zero attached hydrogens (tertiary/aromatic N) is 1. The maximum absolute atomic E-state index is 9.48. The molecule has 0 spiro atoms. The lowest BCUT2D eigenvalue weighted by Gasteiger charge is -2.21. The van der Waals surface area contributed by atoms with Crippen molar-refractivity contribution in [3.8, 4) is 84.0 Å². The van der Waals surface area contributed by atoms with Crippen LogP contribution in [0.4, 0.5) is 0 Å². The van der Waals surface area contributed by atoms with E-state index in [1.54, 1.807) is 0 Å². The van der Waals surface area contributed by atoms with E-state index < -0.39 is 0 Å². The van der Waals surface area contributed by atoms with E-state index in [-0.39, 0.29) is 0 Å². The summed E-state index contributed by atoms with van der Waals surface area (Å²) < 4.78 is 0. The average molecular weight is 608 g/mol. The molecule has 0 bridgehead atoms. The molecular weight excluding hydrogens is 579 g/mol. The zero-order valence-corrected chi connectivity index (χ0v) is 26.2. The lowest BCUT2D eigenvalue weighted by atomic mass is 9.82. The Morgan fingerprint density at radius 1 is 0.312 bits per heavy atom. The molecule has 0 atom stereocenters. The fourth-order valence-electron chi connectivity index (χ4n) is 7.48. The number of hydrogen-bond donors (Lipinski definition) is 0. The average Bonchev–Trinajstić information content (AvgIpc) is 3.51. The van der Waals surface area contributed by atoms with Crippen LogP contribution in [0.15, 0.2) is 176 Å². The van der Waals surface area contributed by atoms with E-state index in [4.69, 9.17) is 0 Å². The summed E-state index contributed by atoms with van der Waals surface area (Å²) >= 11 is 0. The maximum atomic E-state index is 9.48. The SMILES string of the molecule is N#Cc1cccc(-c2cccc(-c3cccc(-c4cc(-c5ccccc5)c5c(c4-c4ccccc4)-c4cccc6cccc-5c46)c3)c2)c1. The minimum absolute atomic E-state index is 0.664. The molecule has 0 saturated heterocycles. The van der Waals surface area contributed by atoms with Crippen molar-refractivity contribution in [2.75, 3.05) is 0 Å². The van der Waals surface area contributed by atoms with E-state index in [0.29, 0.717) is 5.56 Å². The van der Waals surface area contributed by atoms with Crippen LogP contribution >= 0.6 is 0 Å². The van der Waals surface area contributed by atoms with Crippen LogP contribution in [0.5, 0.6) is 0 Å². The van der Waals surface area contributed by atoms with Crippen LogP contribution < -0.4 is 0 Å². The van der Waals surface area contributed by atoms with Crippen molar-refractivity contribution >= 4 is 10.8 Å². The van der Waals surface area contributed by atoms with Gasteiger partial charge in [-0.15, -0.1) is 0 Å². The second-order valence-corrected chi connectivity index (χ2v) is 12.4. The van der Waals surface area contributed by atoms with Gasteiger partial charge < -0.3 is 0 Å². The molecule has 0 aliphatic heterocycles. The summed E-state index contributed by atoms with van der Waals surface area (Å²) in [6.07, 6.45) is 0. The number of rotatable bonds is 5. The van der Waals surface area contributed by atoms with Gasteiger partial charge in [-0.1, -0.05) is 146 Å². The zero-order chi connectivity index (χ0) is 32.0. The Morgan fingerprint density at radius 2 is 0.792 bits per heavy atom. The van der Waals surface area contributed by atoms with E-state index in [1.165, 1.54) is 66.4 Å². The van der Waals surface area contributed by atoms with Crippen LogP contribution in [0.3, 0.4) is 0 Å². The van der Waals surface area contributed by atoms with Gasteiger partial charge in [0.2, 0.25) is 0 Å². The number of fused-ring (bicyclic) bond motifs is 3. The van der Waals surface area contributed by atoms with Gasteiger partial charge in [-0.05, 0) is 119 Å². The van der Waals surface area contributed by atoms with Crippen LogP contribution in [0.2, 0.25) is 0 Å². The quantitative estimate of drug-likeness (QED) is 0.191. The van der Waals surface area contributed by atoms with E-state index in [2.05, 4.69) is 164 Å². The highest BCUT2D eigenvalue weighted by atomic mass is 14.3. The van der Waals surface area contributed by atoms with Crippen molar-refractivity contribution in [1.82, 2.24) is 0 Å². The second kappa shape index (κ2) is 11.4.